The number of amides is 1. The van der Waals surface area contributed by atoms with Crippen LogP contribution in [-0.2, 0) is 71.3 Å². The highest BCUT2D eigenvalue weighted by molar-refractivity contribution is 6.39. The molecule has 1 aliphatic carbocycles. The number of methoxy groups -OCH3 is 3. The van der Waals surface area contributed by atoms with Gasteiger partial charge in [-0.25, -0.2) is 4.79 Å². The molecule has 6 rings (SSSR count). The molecule has 77 heavy (non-hydrogen) atoms. The smallest absolute Gasteiger partial charge is 0.329 e. The van der Waals surface area contributed by atoms with Gasteiger partial charge in [0.05, 0.1) is 77.3 Å². The summed E-state index contributed by atoms with van der Waals surface area (Å²) < 4.78 is 59.4. The van der Waals surface area contributed by atoms with E-state index in [2.05, 4.69) is 0 Å². The van der Waals surface area contributed by atoms with Crippen molar-refractivity contribution in [1.82, 2.24) is 4.90 Å². The normalized spacial score (nSPS) is 39.0. The minimum Gasteiger partial charge on any atom is -0.460 e. The van der Waals surface area contributed by atoms with Gasteiger partial charge in [-0.1, -0.05) is 64.2 Å². The molecule has 434 valence electrons. The van der Waals surface area contributed by atoms with Gasteiger partial charge < -0.3 is 62.5 Å². The van der Waals surface area contributed by atoms with Crippen molar-refractivity contribution in [3.05, 3.63) is 47.6 Å². The van der Waals surface area contributed by atoms with Crippen LogP contribution in [0.3, 0.4) is 0 Å². The fraction of sp³-hybridized carbons (Fsp3) is 0.780. The molecule has 4 saturated heterocycles. The Morgan fingerprint density at radius 1 is 0.766 bits per heavy atom. The van der Waals surface area contributed by atoms with Gasteiger partial charge >= 0.3 is 5.97 Å². The van der Waals surface area contributed by atoms with E-state index in [0.29, 0.717) is 90.0 Å². The van der Waals surface area contributed by atoms with Gasteiger partial charge in [0, 0.05) is 64.4 Å². The number of carbonyl (C=O) groups is 5. The third-order valence-electron chi connectivity index (χ3n) is 17.0. The summed E-state index contributed by atoms with van der Waals surface area (Å²) in [6.07, 6.45) is 12.6. The van der Waals surface area contributed by atoms with Crippen LogP contribution in [0.15, 0.2) is 47.6 Å². The van der Waals surface area contributed by atoms with Crippen molar-refractivity contribution < 1.29 is 81.6 Å². The number of piperidine rings is 1. The van der Waals surface area contributed by atoms with Crippen LogP contribution in [0.5, 0.6) is 0 Å². The lowest BCUT2D eigenvalue weighted by atomic mass is 9.68. The summed E-state index contributed by atoms with van der Waals surface area (Å²) in [4.78, 5) is 73.8. The average Bonchev–Trinajstić information content (AvgIpc) is 3.41. The number of carbonyl (C=O) groups excluding carboxylic acids is 5. The first-order valence-electron chi connectivity index (χ1n) is 28.4. The summed E-state index contributed by atoms with van der Waals surface area (Å²) in [6.45, 7) is 13.8. The van der Waals surface area contributed by atoms with E-state index in [1.807, 2.05) is 58.1 Å². The van der Waals surface area contributed by atoms with E-state index in [1.54, 1.807) is 27.0 Å². The maximum Gasteiger partial charge on any atom is 0.329 e. The number of allylic oxidation sites excluding steroid dienone is 6. The molecular formula is C59H91NO17. The van der Waals surface area contributed by atoms with Crippen LogP contribution in [0, 0.1) is 41.4 Å². The molecule has 5 fully saturated rings. The van der Waals surface area contributed by atoms with Gasteiger partial charge in [-0.15, -0.1) is 0 Å². The largest absolute Gasteiger partial charge is 0.460 e. The SMILES string of the molecule is CO[C@@H]1/C(C)=C/[C@@H](C)C(=O)C[C@@H]2OC(=O)C3[C@H](CCCN3C(=O)C(=O)[C@]3(O)O[C@@H](CC[C@H]3C)C[C@H](OCCOCCOC3COC3)/C(C)=C/C=C/C=C/[C@@H](C)C[C@@H](C)C(=O)[C@@H]1OC)C2C[C@@H]1CC[C@@H](OCCO)[C@H](OC)C1. The molecule has 0 aromatic carbocycles. The molecule has 5 heterocycles. The monoisotopic (exact) mass is 1090 g/mol. The first-order chi connectivity index (χ1) is 36.9. The number of nitrogens with zero attached hydrogens (tertiary/aromatic N) is 1. The van der Waals surface area contributed by atoms with Gasteiger partial charge in [-0.2, -0.15) is 0 Å². The van der Waals surface area contributed by atoms with E-state index in [0.717, 1.165) is 12.0 Å². The summed E-state index contributed by atoms with van der Waals surface area (Å²) in [5.41, 5.74) is 1.50. The summed E-state index contributed by atoms with van der Waals surface area (Å²) >= 11 is 0. The number of rotatable bonds is 16. The molecule has 0 aromatic rings. The Morgan fingerprint density at radius 2 is 1.51 bits per heavy atom. The maximum atomic E-state index is 14.8. The van der Waals surface area contributed by atoms with E-state index in [4.69, 9.17) is 47.4 Å². The summed E-state index contributed by atoms with van der Waals surface area (Å²) in [6, 6.07) is -1.14. The minimum atomic E-state index is -2.49. The Morgan fingerprint density at radius 3 is 2.19 bits per heavy atom. The van der Waals surface area contributed by atoms with E-state index in [1.165, 1.54) is 19.1 Å². The van der Waals surface area contributed by atoms with Crippen molar-refractivity contribution >= 4 is 29.2 Å². The number of ketones is 3. The molecule has 0 radical (unpaired) electrons. The Bertz CT molecular complexity index is 2070. The highest BCUT2D eigenvalue weighted by atomic mass is 16.6. The standard InChI is InChI=1S/C59H91NO17/c1-36-14-11-10-12-15-37(2)49(75-27-25-71-24-26-73-44-34-72-35-44)32-43-19-17-41(6)59(67,77-43)56(64)57(65)60-21-13-16-45-46(30-42-18-20-48(74-23-22-61)51(31-42)68-7)50(76-58(66)52(45)60)33-47(62)38(3)29-40(5)54(69-8)55(70-9)53(63)39(4)28-36/h10-12,14-15,29,36,38-39,41-46,48-52,54-55,61,67H,13,16-28,30-35H2,1-9H3/b12-10+,14-11+,37-15+,40-29+/t36-,38-,39-,41-,42+,43+,45-,46?,48-,49+,50+,51-,52?,54-,55+,59-/m1/s1. The van der Waals surface area contributed by atoms with Gasteiger partial charge in [-0.3, -0.25) is 19.2 Å². The molecule has 5 aliphatic heterocycles. The number of hydrogen-bond acceptors (Lipinski definition) is 17. The number of hydrogen-bond donors (Lipinski definition) is 2. The van der Waals surface area contributed by atoms with Crippen LogP contribution in [0.1, 0.15) is 112 Å². The zero-order valence-corrected chi connectivity index (χ0v) is 47.3. The zero-order valence-electron chi connectivity index (χ0n) is 47.3. The second-order valence-electron chi connectivity index (χ2n) is 22.6. The number of aliphatic hydroxyl groups excluding tert-OH is 1. The lowest BCUT2D eigenvalue weighted by molar-refractivity contribution is -0.266. The minimum absolute atomic E-state index is 0.0295. The molecule has 1 amide bonds. The highest BCUT2D eigenvalue weighted by Gasteiger charge is 2.57. The van der Waals surface area contributed by atoms with Gasteiger partial charge in [0.1, 0.15) is 36.2 Å². The second-order valence-corrected chi connectivity index (χ2v) is 22.6. The van der Waals surface area contributed by atoms with Crippen molar-refractivity contribution in [3.63, 3.8) is 0 Å². The van der Waals surface area contributed by atoms with Crippen LogP contribution in [0.25, 0.3) is 0 Å². The Hall–Kier alpha value is -3.53. The van der Waals surface area contributed by atoms with E-state index >= 15 is 0 Å². The summed E-state index contributed by atoms with van der Waals surface area (Å²) in [7, 11) is 4.63. The third kappa shape index (κ3) is 16.5. The molecule has 2 unspecified atom stereocenters. The second kappa shape index (κ2) is 30.3. The fourth-order valence-corrected chi connectivity index (χ4v) is 12.4. The third-order valence-corrected chi connectivity index (χ3v) is 17.0. The molecule has 16 atom stereocenters. The highest BCUT2D eigenvalue weighted by Crippen LogP contribution is 2.46. The molecule has 18 heteroatoms. The summed E-state index contributed by atoms with van der Waals surface area (Å²) in [5, 5.41) is 21.8. The van der Waals surface area contributed by atoms with E-state index in [-0.39, 0.29) is 92.8 Å². The van der Waals surface area contributed by atoms with Crippen molar-refractivity contribution in [1.29, 1.82) is 0 Å². The predicted octanol–water partition coefficient (Wildman–Crippen LogP) is 5.87. The topological polar surface area (TPSA) is 221 Å². The number of aliphatic hydroxyl groups is 2. The zero-order chi connectivity index (χ0) is 55.8. The summed E-state index contributed by atoms with van der Waals surface area (Å²) in [5.74, 6) is -8.20. The van der Waals surface area contributed by atoms with Crippen LogP contribution >= 0.6 is 0 Å². The molecular weight excluding hydrogens is 995 g/mol. The van der Waals surface area contributed by atoms with E-state index in [9.17, 15) is 34.2 Å². The molecule has 6 aliphatic rings. The quantitative estimate of drug-likeness (QED) is 0.0798. The first-order valence-corrected chi connectivity index (χ1v) is 28.4. The van der Waals surface area contributed by atoms with Crippen molar-refractivity contribution in [2.75, 3.05) is 80.7 Å². The Balaban J connectivity index is 1.31. The molecule has 4 bridgehead atoms. The molecule has 0 aromatic heterocycles. The molecule has 2 N–H and O–H groups in total. The van der Waals surface area contributed by atoms with Crippen LogP contribution in [0.4, 0.5) is 0 Å². The lowest BCUT2D eigenvalue weighted by Gasteiger charge is -2.50. The van der Waals surface area contributed by atoms with Crippen molar-refractivity contribution in [2.24, 2.45) is 41.4 Å². The predicted molar refractivity (Wildman–Crippen MR) is 284 cm³/mol. The van der Waals surface area contributed by atoms with Crippen LogP contribution in [0.2, 0.25) is 0 Å². The number of Topliss-reactive ketones (excluding diaryl/α,β-unsaturated/α-hetero) is 3. The van der Waals surface area contributed by atoms with Gasteiger partial charge in [0.15, 0.2) is 5.78 Å². The lowest BCUT2D eigenvalue weighted by Crippen LogP contribution is -2.65. The van der Waals surface area contributed by atoms with Crippen LogP contribution < -0.4 is 0 Å². The number of ether oxygens (including phenoxy) is 10. The first kappa shape index (κ1) is 62.7. The van der Waals surface area contributed by atoms with Crippen LogP contribution in [-0.4, -0.2) is 186 Å². The average molecular weight is 1090 g/mol. The van der Waals surface area contributed by atoms with E-state index < -0.39 is 77.8 Å². The fourth-order valence-electron chi connectivity index (χ4n) is 12.4. The Kier molecular flexibility index (Phi) is 24.7. The Labute approximate surface area is 456 Å². The molecule has 1 saturated carbocycles. The van der Waals surface area contributed by atoms with Gasteiger partial charge in [0.2, 0.25) is 5.79 Å². The van der Waals surface area contributed by atoms with Crippen molar-refractivity contribution in [3.8, 4) is 0 Å². The van der Waals surface area contributed by atoms with Crippen molar-refractivity contribution in [2.45, 2.75) is 173 Å². The van der Waals surface area contributed by atoms with Gasteiger partial charge in [-0.05, 0) is 101 Å². The maximum absolute atomic E-state index is 14.8. The molecule has 18 nitrogen and oxygen atoms in total. The molecule has 0 spiro atoms. The van der Waals surface area contributed by atoms with Gasteiger partial charge in [0.25, 0.3) is 11.7 Å². The number of esters is 1. The number of fused-ring (bicyclic) bond motifs is 4.